The number of ketones is 1. The summed E-state index contributed by atoms with van der Waals surface area (Å²) >= 11 is 0. The van der Waals surface area contributed by atoms with Gasteiger partial charge in [-0.05, 0) is 24.0 Å². The first-order chi connectivity index (χ1) is 8.77. The van der Waals surface area contributed by atoms with Crippen molar-refractivity contribution in [1.29, 1.82) is 0 Å². The fraction of sp³-hybridized carbons (Fsp3) is 0.400. The lowest BCUT2D eigenvalue weighted by molar-refractivity contribution is -0.116. The summed E-state index contributed by atoms with van der Waals surface area (Å²) in [5, 5.41) is 13.4. The van der Waals surface area contributed by atoms with Crippen LogP contribution in [0.3, 0.4) is 0 Å². The molecule has 0 spiro atoms. The molecular weight excluding hydrogens is 226 g/mol. The summed E-state index contributed by atoms with van der Waals surface area (Å²) in [4.78, 5) is 12.1. The number of allylic oxidation sites excluding steroid dienone is 1. The molecule has 0 saturated carbocycles. The molecule has 0 bridgehead atoms. The zero-order valence-corrected chi connectivity index (χ0v) is 10.3. The first-order valence-electron chi connectivity index (χ1n) is 6.54. The smallest absolute Gasteiger partial charge is 0.164 e. The van der Waals surface area contributed by atoms with E-state index in [4.69, 9.17) is 0 Å². The van der Waals surface area contributed by atoms with E-state index in [1.54, 1.807) is 0 Å². The number of hydrogen-bond acceptors (Lipinski definition) is 3. The summed E-state index contributed by atoms with van der Waals surface area (Å²) in [5.74, 6) is 0.369. The molecule has 1 atom stereocenters. The highest BCUT2D eigenvalue weighted by molar-refractivity contribution is 5.98. The van der Waals surface area contributed by atoms with Gasteiger partial charge in [0.2, 0.25) is 0 Å². The van der Waals surface area contributed by atoms with Gasteiger partial charge in [0.15, 0.2) is 5.78 Å². The summed E-state index contributed by atoms with van der Waals surface area (Å²) in [6, 6.07) is 8.05. The van der Waals surface area contributed by atoms with Crippen LogP contribution < -0.4 is 5.32 Å². The Hall–Kier alpha value is -1.61. The van der Waals surface area contributed by atoms with E-state index in [9.17, 15) is 9.90 Å². The number of aliphatic hydroxyl groups excluding tert-OH is 1. The van der Waals surface area contributed by atoms with Crippen molar-refractivity contribution in [2.75, 3.05) is 6.54 Å². The van der Waals surface area contributed by atoms with Crippen LogP contribution in [0.5, 0.6) is 0 Å². The molecule has 3 nitrogen and oxygen atoms in total. The minimum Gasteiger partial charge on any atom is -0.512 e. The Morgan fingerprint density at radius 1 is 1.17 bits per heavy atom. The molecule has 94 valence electrons. The van der Waals surface area contributed by atoms with E-state index in [1.165, 1.54) is 5.56 Å². The van der Waals surface area contributed by atoms with E-state index < -0.39 is 0 Å². The van der Waals surface area contributed by atoms with Crippen LogP contribution >= 0.6 is 0 Å². The number of benzene rings is 1. The van der Waals surface area contributed by atoms with Gasteiger partial charge in [-0.2, -0.15) is 0 Å². The minimum atomic E-state index is -0.122. The highest BCUT2D eigenvalue weighted by atomic mass is 16.3. The second kappa shape index (κ2) is 4.58. The number of nitrogens with one attached hydrogen (secondary N) is 1. The lowest BCUT2D eigenvalue weighted by Gasteiger charge is -2.30. The van der Waals surface area contributed by atoms with E-state index in [0.29, 0.717) is 18.4 Å². The largest absolute Gasteiger partial charge is 0.512 e. The number of Topliss-reactive ketones (excluding diaryl/α,β-unsaturated/α-hetero) is 1. The monoisotopic (exact) mass is 243 g/mol. The van der Waals surface area contributed by atoms with Crippen molar-refractivity contribution in [3.05, 3.63) is 46.7 Å². The number of aliphatic hydroxyl groups is 1. The molecule has 1 aliphatic carbocycles. The maximum Gasteiger partial charge on any atom is 0.164 e. The van der Waals surface area contributed by atoms with Crippen molar-refractivity contribution in [2.45, 2.75) is 31.7 Å². The second-order valence-electron chi connectivity index (χ2n) is 4.97. The van der Waals surface area contributed by atoms with Crippen molar-refractivity contribution in [1.82, 2.24) is 5.32 Å². The molecular formula is C15H17NO2. The van der Waals surface area contributed by atoms with Gasteiger partial charge in [-0.3, -0.25) is 4.79 Å². The zero-order valence-electron chi connectivity index (χ0n) is 10.3. The van der Waals surface area contributed by atoms with E-state index in [2.05, 4.69) is 11.4 Å². The number of rotatable bonds is 1. The zero-order chi connectivity index (χ0) is 12.5. The predicted octanol–water partition coefficient (Wildman–Crippen LogP) is 2.44. The summed E-state index contributed by atoms with van der Waals surface area (Å²) in [6.07, 6.45) is 2.93. The summed E-state index contributed by atoms with van der Waals surface area (Å²) in [7, 11) is 0. The molecule has 1 aromatic carbocycles. The van der Waals surface area contributed by atoms with Crippen LogP contribution in [0, 0.1) is 0 Å². The topological polar surface area (TPSA) is 49.3 Å². The Balaban J connectivity index is 2.06. The fourth-order valence-corrected chi connectivity index (χ4v) is 2.94. The summed E-state index contributed by atoms with van der Waals surface area (Å²) in [6.45, 7) is 0.853. The molecule has 2 N–H and O–H groups in total. The molecule has 0 unspecified atom stereocenters. The van der Waals surface area contributed by atoms with Gasteiger partial charge in [-0.25, -0.2) is 0 Å². The van der Waals surface area contributed by atoms with E-state index >= 15 is 0 Å². The number of carbonyl (C=O) groups excluding carboxylic acids is 1. The van der Waals surface area contributed by atoms with E-state index in [0.717, 1.165) is 24.9 Å². The molecule has 1 heterocycles. The molecule has 3 heteroatoms. The van der Waals surface area contributed by atoms with Crippen molar-refractivity contribution in [3.8, 4) is 0 Å². The van der Waals surface area contributed by atoms with Crippen LogP contribution in [0.15, 0.2) is 35.6 Å². The van der Waals surface area contributed by atoms with Crippen LogP contribution in [0.25, 0.3) is 0 Å². The second-order valence-corrected chi connectivity index (χ2v) is 4.97. The average Bonchev–Trinajstić information content (AvgIpc) is 2.39. The summed E-state index contributed by atoms with van der Waals surface area (Å²) < 4.78 is 0. The van der Waals surface area contributed by atoms with Gasteiger partial charge < -0.3 is 10.4 Å². The molecule has 3 rings (SSSR count). The Bertz CT molecular complexity index is 519. The molecule has 1 aromatic rings. The molecule has 0 amide bonds. The molecule has 0 saturated heterocycles. The molecule has 18 heavy (non-hydrogen) atoms. The van der Waals surface area contributed by atoms with E-state index in [1.807, 2.05) is 18.2 Å². The van der Waals surface area contributed by atoms with Crippen molar-refractivity contribution < 1.29 is 9.90 Å². The van der Waals surface area contributed by atoms with Crippen LogP contribution in [0.2, 0.25) is 0 Å². The Morgan fingerprint density at radius 3 is 2.83 bits per heavy atom. The lowest BCUT2D eigenvalue weighted by Crippen LogP contribution is -2.34. The molecule has 0 aromatic heterocycles. The first kappa shape index (κ1) is 11.5. The lowest BCUT2D eigenvalue weighted by atomic mass is 9.83. The highest BCUT2D eigenvalue weighted by Gasteiger charge is 2.31. The highest BCUT2D eigenvalue weighted by Crippen LogP contribution is 2.34. The predicted molar refractivity (Wildman–Crippen MR) is 69.4 cm³/mol. The van der Waals surface area contributed by atoms with Gasteiger partial charge in [0.1, 0.15) is 5.76 Å². The van der Waals surface area contributed by atoms with Crippen LogP contribution in [0.4, 0.5) is 0 Å². The Kier molecular flexibility index (Phi) is 2.92. The van der Waals surface area contributed by atoms with Gasteiger partial charge in [0.05, 0.1) is 11.6 Å². The minimum absolute atomic E-state index is 0.0907. The molecule has 0 radical (unpaired) electrons. The number of carbonyl (C=O) groups is 1. The molecule has 0 fully saturated rings. The third-order valence-electron chi connectivity index (χ3n) is 3.83. The van der Waals surface area contributed by atoms with E-state index in [-0.39, 0.29) is 17.6 Å². The SMILES string of the molecule is O=C1CCCC(O)=C1[C@H]1NCCc2ccccc21. The van der Waals surface area contributed by atoms with Gasteiger partial charge in [-0.1, -0.05) is 24.3 Å². The van der Waals surface area contributed by atoms with Crippen LogP contribution in [0.1, 0.15) is 36.4 Å². The van der Waals surface area contributed by atoms with Gasteiger partial charge in [0.25, 0.3) is 0 Å². The normalized spacial score (nSPS) is 24.0. The maximum atomic E-state index is 12.1. The van der Waals surface area contributed by atoms with Crippen LogP contribution in [-0.4, -0.2) is 17.4 Å². The molecule has 1 aliphatic heterocycles. The number of fused-ring (bicyclic) bond motifs is 1. The van der Waals surface area contributed by atoms with Gasteiger partial charge in [0, 0.05) is 19.4 Å². The average molecular weight is 243 g/mol. The molecule has 2 aliphatic rings. The Labute approximate surface area is 107 Å². The van der Waals surface area contributed by atoms with Crippen molar-refractivity contribution in [3.63, 3.8) is 0 Å². The third kappa shape index (κ3) is 1.85. The Morgan fingerprint density at radius 2 is 2.00 bits per heavy atom. The van der Waals surface area contributed by atoms with Crippen molar-refractivity contribution in [2.24, 2.45) is 0 Å². The number of hydrogen-bond donors (Lipinski definition) is 2. The first-order valence-corrected chi connectivity index (χ1v) is 6.54. The van der Waals surface area contributed by atoms with Crippen molar-refractivity contribution >= 4 is 5.78 Å². The maximum absolute atomic E-state index is 12.1. The quantitative estimate of drug-likeness (QED) is 0.796. The summed E-state index contributed by atoms with van der Waals surface area (Å²) in [5.41, 5.74) is 3.01. The standard InChI is InChI=1S/C15H17NO2/c17-12-6-3-7-13(18)14(12)15-11-5-2-1-4-10(11)8-9-16-15/h1-2,4-5,15-17H,3,6-9H2/t15-/m0/s1. The third-order valence-corrected chi connectivity index (χ3v) is 3.83. The van der Waals surface area contributed by atoms with Gasteiger partial charge >= 0.3 is 0 Å². The van der Waals surface area contributed by atoms with Crippen LogP contribution in [-0.2, 0) is 11.2 Å². The van der Waals surface area contributed by atoms with Gasteiger partial charge in [-0.15, -0.1) is 0 Å². The fourth-order valence-electron chi connectivity index (χ4n) is 2.94.